The molecule has 1 fully saturated rings. The van der Waals surface area contributed by atoms with Gasteiger partial charge >= 0.3 is 12.1 Å². The number of rotatable bonds is 12. The molecule has 0 amide bonds. The monoisotopic (exact) mass is 605 g/mol. The zero-order valence-corrected chi connectivity index (χ0v) is 23.1. The normalized spacial score (nSPS) is 15.0. The van der Waals surface area contributed by atoms with Gasteiger partial charge in [0.15, 0.2) is 11.5 Å². The smallest absolute Gasteiger partial charge is 0.435 e. The number of aromatic nitrogens is 5. The van der Waals surface area contributed by atoms with Gasteiger partial charge < -0.3 is 29.5 Å². The number of ether oxygens (including phenoxy) is 3. The molecule has 3 N–H and O–H groups in total. The molecule has 0 atom stereocenters. The van der Waals surface area contributed by atoms with Crippen molar-refractivity contribution in [3.63, 3.8) is 0 Å². The van der Waals surface area contributed by atoms with Crippen molar-refractivity contribution < 1.29 is 47.5 Å². The van der Waals surface area contributed by atoms with Gasteiger partial charge in [0.1, 0.15) is 12.4 Å². The van der Waals surface area contributed by atoms with Crippen LogP contribution < -0.4 is 4.74 Å². The maximum Gasteiger partial charge on any atom is 0.435 e. The molecule has 43 heavy (non-hydrogen) atoms. The molecule has 1 aromatic carbocycles. The summed E-state index contributed by atoms with van der Waals surface area (Å²) in [5.74, 6) is -2.19. The van der Waals surface area contributed by atoms with Crippen LogP contribution >= 0.6 is 0 Å². The lowest BCUT2D eigenvalue weighted by Crippen LogP contribution is -2.45. The number of nitrogens with zero attached hydrogens (tertiary/aromatic N) is 5. The van der Waals surface area contributed by atoms with Crippen LogP contribution in [0.3, 0.4) is 0 Å². The number of aliphatic hydroxyl groups excluding tert-OH is 1. The Morgan fingerprint density at radius 3 is 2.65 bits per heavy atom. The van der Waals surface area contributed by atoms with Gasteiger partial charge in [0.05, 0.1) is 42.8 Å². The van der Waals surface area contributed by atoms with E-state index >= 15 is 0 Å². The highest BCUT2D eigenvalue weighted by Gasteiger charge is 2.42. The van der Waals surface area contributed by atoms with E-state index in [0.717, 1.165) is 4.68 Å². The van der Waals surface area contributed by atoms with Crippen LogP contribution in [0.2, 0.25) is 0 Å². The van der Waals surface area contributed by atoms with E-state index in [1.807, 2.05) is 6.92 Å². The molecule has 3 heterocycles. The van der Waals surface area contributed by atoms with Gasteiger partial charge in [-0.05, 0) is 36.1 Å². The van der Waals surface area contributed by atoms with Crippen LogP contribution in [0.15, 0.2) is 43.0 Å². The number of alkyl halides is 3. The third kappa shape index (κ3) is 6.80. The van der Waals surface area contributed by atoms with Crippen molar-refractivity contribution >= 4 is 11.6 Å². The number of benzene rings is 1. The predicted octanol–water partition coefficient (Wildman–Crippen LogP) is 3.22. The average molecular weight is 606 g/mol. The highest BCUT2D eigenvalue weighted by molar-refractivity contribution is 5.91. The van der Waals surface area contributed by atoms with E-state index in [1.54, 1.807) is 18.2 Å². The lowest BCUT2D eigenvalue weighted by Gasteiger charge is -2.38. The first-order valence-electron chi connectivity index (χ1n) is 13.6. The fraction of sp³-hybridized carbons (Fsp3) is 0.429. The van der Waals surface area contributed by atoms with Gasteiger partial charge in [-0.2, -0.15) is 18.3 Å². The fourth-order valence-electron chi connectivity index (χ4n) is 5.01. The first-order valence-corrected chi connectivity index (χ1v) is 13.6. The van der Waals surface area contributed by atoms with Crippen LogP contribution in [0.25, 0.3) is 16.9 Å². The maximum absolute atomic E-state index is 14.0. The Bertz CT molecular complexity index is 1590. The van der Waals surface area contributed by atoms with Gasteiger partial charge in [0, 0.05) is 38.0 Å². The van der Waals surface area contributed by atoms with Gasteiger partial charge in [-0.1, -0.05) is 6.92 Å². The zero-order chi connectivity index (χ0) is 30.8. The Morgan fingerprint density at radius 1 is 1.16 bits per heavy atom. The summed E-state index contributed by atoms with van der Waals surface area (Å²) in [7, 11) is 0. The number of carbonyl (C=O) groups excluding carboxylic acids is 1. The van der Waals surface area contributed by atoms with E-state index in [4.69, 9.17) is 19.3 Å². The number of imidazole rings is 1. The van der Waals surface area contributed by atoms with Crippen molar-refractivity contribution in [2.75, 3.05) is 26.4 Å². The van der Waals surface area contributed by atoms with Gasteiger partial charge in [-0.15, -0.1) is 0 Å². The van der Waals surface area contributed by atoms with Crippen LogP contribution in [-0.4, -0.2) is 77.7 Å². The van der Waals surface area contributed by atoms with Crippen LogP contribution in [0.4, 0.5) is 13.2 Å². The number of hydrogen-bond acceptors (Lipinski definition) is 10. The molecule has 230 valence electrons. The molecule has 1 saturated carbocycles. The second-order valence-electron chi connectivity index (χ2n) is 10.2. The zero-order valence-electron chi connectivity index (χ0n) is 23.1. The molecule has 15 heteroatoms. The largest absolute Gasteiger partial charge is 0.460 e. The lowest BCUT2D eigenvalue weighted by molar-refractivity contribution is -0.237. The summed E-state index contributed by atoms with van der Waals surface area (Å²) < 4.78 is 60.8. The van der Waals surface area contributed by atoms with Crippen LogP contribution in [0, 0.1) is 5.92 Å². The Balaban J connectivity index is 1.38. The minimum Gasteiger partial charge on any atom is -0.460 e. The molecule has 0 aliphatic heterocycles. The van der Waals surface area contributed by atoms with Crippen LogP contribution in [0.5, 0.6) is 11.6 Å². The average Bonchev–Trinajstić information content (AvgIpc) is 3.56. The highest BCUT2D eigenvalue weighted by Crippen LogP contribution is 2.40. The van der Waals surface area contributed by atoms with Crippen molar-refractivity contribution in [2.24, 2.45) is 5.92 Å². The van der Waals surface area contributed by atoms with Crippen molar-refractivity contribution in [1.82, 2.24) is 24.1 Å². The molecule has 3 aromatic heterocycles. The second-order valence-corrected chi connectivity index (χ2v) is 10.2. The van der Waals surface area contributed by atoms with Crippen molar-refractivity contribution in [1.29, 1.82) is 0 Å². The second kappa shape index (κ2) is 12.3. The third-order valence-electron chi connectivity index (χ3n) is 6.97. The molecule has 0 radical (unpaired) electrons. The number of esters is 1. The summed E-state index contributed by atoms with van der Waals surface area (Å²) in [6, 6.07) is 4.74. The Morgan fingerprint density at radius 2 is 1.95 bits per heavy atom. The summed E-state index contributed by atoms with van der Waals surface area (Å²) in [6.45, 7) is 2.14. The fourth-order valence-corrected chi connectivity index (χ4v) is 5.01. The number of carbonyl (C=O) groups is 1. The van der Waals surface area contributed by atoms with Crippen molar-refractivity contribution in [2.45, 2.75) is 44.7 Å². The van der Waals surface area contributed by atoms with E-state index < -0.39 is 23.6 Å². The molecule has 12 nitrogen and oxygen atoms in total. The van der Waals surface area contributed by atoms with Crippen molar-refractivity contribution in [3.8, 4) is 22.9 Å². The van der Waals surface area contributed by atoms with E-state index in [-0.39, 0.29) is 74.5 Å². The van der Waals surface area contributed by atoms with E-state index in [0.29, 0.717) is 23.3 Å². The summed E-state index contributed by atoms with van der Waals surface area (Å²) in [5, 5.41) is 31.6. The molecule has 0 bridgehead atoms. The summed E-state index contributed by atoms with van der Waals surface area (Å²) in [6.07, 6.45) is 1.20. The molecular formula is C28H30F3N5O7. The third-order valence-corrected chi connectivity index (χ3v) is 6.97. The number of hydrogen-bond donors (Lipinski definition) is 3. The van der Waals surface area contributed by atoms with Crippen LogP contribution in [0.1, 0.15) is 41.4 Å². The first-order chi connectivity index (χ1) is 20.5. The summed E-state index contributed by atoms with van der Waals surface area (Å²) in [5.41, 5.74) is -0.0389. The van der Waals surface area contributed by atoms with Gasteiger partial charge in [-0.25, -0.2) is 14.8 Å². The Labute approximate surface area is 243 Å². The number of halogens is 3. The molecule has 0 unspecified atom stereocenters. The minimum atomic E-state index is -4.75. The van der Waals surface area contributed by atoms with Gasteiger partial charge in [0.2, 0.25) is 5.65 Å². The molecule has 1 aliphatic carbocycles. The van der Waals surface area contributed by atoms with E-state index in [1.165, 1.54) is 29.2 Å². The summed E-state index contributed by atoms with van der Waals surface area (Å²) >= 11 is 0. The number of aliphatic hydroxyl groups is 3. The molecule has 1 aliphatic rings. The lowest BCUT2D eigenvalue weighted by atomic mass is 9.79. The SMILES string of the molecule is CCc1cc(Oc2nccn3c(-c4cn(CC5CC(O)(O)C5)nc4C(F)(F)F)cnc23)ccc1C(=O)OCCOCCO. The first kappa shape index (κ1) is 30.4. The minimum absolute atomic E-state index is 0.0237. The molecular weight excluding hydrogens is 575 g/mol. The molecule has 0 saturated heterocycles. The Kier molecular flexibility index (Phi) is 8.69. The molecule has 4 aromatic rings. The van der Waals surface area contributed by atoms with Gasteiger partial charge in [-0.3, -0.25) is 9.08 Å². The van der Waals surface area contributed by atoms with E-state index in [2.05, 4.69) is 15.1 Å². The molecule has 0 spiro atoms. The number of aryl methyl sites for hydroxylation is 1. The summed E-state index contributed by atoms with van der Waals surface area (Å²) in [4.78, 5) is 21.0. The Hall–Kier alpha value is -4.05. The predicted molar refractivity (Wildman–Crippen MR) is 143 cm³/mol. The molecule has 5 rings (SSSR count). The van der Waals surface area contributed by atoms with Crippen LogP contribution in [-0.2, 0) is 28.6 Å². The van der Waals surface area contributed by atoms with E-state index in [9.17, 15) is 28.2 Å². The quantitative estimate of drug-likeness (QED) is 0.125. The number of fused-ring (bicyclic) bond motifs is 1. The van der Waals surface area contributed by atoms with Crippen molar-refractivity contribution in [3.05, 3.63) is 59.8 Å². The van der Waals surface area contributed by atoms with Gasteiger partial charge in [0.25, 0.3) is 5.88 Å². The highest BCUT2D eigenvalue weighted by atomic mass is 19.4. The standard InChI is InChI=1S/C28H30F3N5O7/c1-2-18-11-19(3-4-20(18)26(38)42-10-9-41-8-7-37)43-25-24-33-14-22(36(24)6-5-32-25)21-16-35(34-23(21)28(29,30)31)15-17-12-27(39,40)13-17/h3-6,11,14,16-17,37,39-40H,2,7-10,12-13,15H2,1H3. The topological polar surface area (TPSA) is 153 Å². The maximum atomic E-state index is 14.0.